The van der Waals surface area contributed by atoms with E-state index in [0.29, 0.717) is 0 Å². The Morgan fingerprint density at radius 1 is 1.54 bits per heavy atom. The first-order chi connectivity index (χ1) is 6.22. The predicted octanol–water partition coefficient (Wildman–Crippen LogP) is 1.89. The van der Waals surface area contributed by atoms with Crippen LogP contribution in [0.25, 0.3) is 6.08 Å². The monoisotopic (exact) mass is 198 g/mol. The molecule has 1 rings (SSSR count). The highest BCUT2D eigenvalue weighted by atomic mass is 32.2. The second kappa shape index (κ2) is 4.79. The van der Waals surface area contributed by atoms with Gasteiger partial charge < -0.3 is 9.29 Å². The van der Waals surface area contributed by atoms with Gasteiger partial charge in [-0.1, -0.05) is 12.1 Å². The Morgan fingerprint density at radius 2 is 2.31 bits per heavy atom. The molecular weight excluding hydrogens is 188 g/mol. The van der Waals surface area contributed by atoms with Gasteiger partial charge in [0.2, 0.25) is 0 Å². The molecule has 0 fully saturated rings. The van der Waals surface area contributed by atoms with E-state index >= 15 is 0 Å². The molecule has 1 unspecified atom stereocenters. The van der Waals surface area contributed by atoms with Crippen LogP contribution in [0.15, 0.2) is 29.7 Å². The Kier molecular flexibility index (Phi) is 3.67. The molecule has 0 amide bonds. The highest BCUT2D eigenvalue weighted by molar-refractivity contribution is 7.82. The van der Waals surface area contributed by atoms with Crippen LogP contribution in [-0.2, 0) is 11.1 Å². The minimum absolute atomic E-state index is 0.728. The zero-order chi connectivity index (χ0) is 9.68. The lowest BCUT2D eigenvalue weighted by atomic mass is 10.2. The lowest BCUT2D eigenvalue weighted by Gasteiger charge is -1.99. The third kappa shape index (κ3) is 3.40. The van der Waals surface area contributed by atoms with Gasteiger partial charge in [0, 0.05) is 5.41 Å². The van der Waals surface area contributed by atoms with Gasteiger partial charge in [0.1, 0.15) is 5.75 Å². The largest absolute Gasteiger partial charge is 0.497 e. The van der Waals surface area contributed by atoms with E-state index in [-0.39, 0.29) is 0 Å². The number of methoxy groups -OCH3 is 1. The fourth-order valence-corrected chi connectivity index (χ4v) is 1.16. The Morgan fingerprint density at radius 3 is 2.92 bits per heavy atom. The molecule has 1 aromatic rings. The van der Waals surface area contributed by atoms with Crippen molar-refractivity contribution in [2.24, 2.45) is 0 Å². The Bertz CT molecular complexity index is 333. The summed E-state index contributed by atoms with van der Waals surface area (Å²) in [5.41, 5.74) is 0.835. The maximum absolute atomic E-state index is 10.3. The molecule has 1 aromatic carbocycles. The van der Waals surface area contributed by atoms with Crippen LogP contribution in [0, 0.1) is 0 Å². The van der Waals surface area contributed by atoms with Crippen molar-refractivity contribution in [1.82, 2.24) is 0 Å². The van der Waals surface area contributed by atoms with Crippen LogP contribution in [0.5, 0.6) is 5.75 Å². The van der Waals surface area contributed by atoms with E-state index in [1.807, 2.05) is 18.2 Å². The number of hydrogen-bond donors (Lipinski definition) is 1. The fraction of sp³-hybridized carbons (Fsp3) is 0.111. The van der Waals surface area contributed by atoms with Gasteiger partial charge in [0.25, 0.3) is 0 Å². The van der Waals surface area contributed by atoms with Gasteiger partial charge in [-0.05, 0) is 23.8 Å². The molecule has 0 radical (unpaired) electrons. The minimum atomic E-state index is -1.90. The summed E-state index contributed by atoms with van der Waals surface area (Å²) in [6.45, 7) is 0. The van der Waals surface area contributed by atoms with Gasteiger partial charge in [-0.3, -0.25) is 0 Å². The first kappa shape index (κ1) is 9.95. The molecule has 3 nitrogen and oxygen atoms in total. The summed E-state index contributed by atoms with van der Waals surface area (Å²) < 4.78 is 23.8. The molecule has 0 aliphatic heterocycles. The molecule has 1 atom stereocenters. The third-order valence-electron chi connectivity index (χ3n) is 1.47. The summed E-state index contributed by atoms with van der Waals surface area (Å²) in [4.78, 5) is 0. The van der Waals surface area contributed by atoms with Crippen molar-refractivity contribution >= 4 is 17.2 Å². The molecule has 0 saturated heterocycles. The molecule has 0 bridgehead atoms. The van der Waals surface area contributed by atoms with Crippen LogP contribution in [0.3, 0.4) is 0 Å². The van der Waals surface area contributed by atoms with E-state index in [4.69, 9.17) is 9.29 Å². The molecular formula is C9H10O3S. The highest BCUT2D eigenvalue weighted by Gasteiger charge is 1.91. The first-order valence-electron chi connectivity index (χ1n) is 3.64. The van der Waals surface area contributed by atoms with Crippen molar-refractivity contribution in [2.45, 2.75) is 0 Å². The quantitative estimate of drug-likeness (QED) is 0.754. The summed E-state index contributed by atoms with van der Waals surface area (Å²) in [7, 11) is 1.58. The molecule has 0 heterocycles. The standard InChI is InChI=1S/C9H10O3S/c1-12-9-4-2-3-8(7-9)5-6-13(10)11/h2-7H,1H3,(H,10,11)/b6-5+. The normalized spacial score (nSPS) is 13.1. The summed E-state index contributed by atoms with van der Waals surface area (Å²) in [5.74, 6) is 0.728. The smallest absolute Gasteiger partial charge is 0.178 e. The van der Waals surface area contributed by atoms with E-state index < -0.39 is 11.1 Å². The molecule has 0 spiro atoms. The SMILES string of the molecule is COc1cccc(/C=C/S(=O)O)c1. The van der Waals surface area contributed by atoms with Crippen molar-refractivity contribution < 1.29 is 13.5 Å². The molecule has 0 aliphatic carbocycles. The average Bonchev–Trinajstić information content (AvgIpc) is 2.15. The van der Waals surface area contributed by atoms with Gasteiger partial charge in [0.05, 0.1) is 7.11 Å². The average molecular weight is 198 g/mol. The summed E-state index contributed by atoms with van der Waals surface area (Å²) in [6.07, 6.45) is 1.57. The lowest BCUT2D eigenvalue weighted by Crippen LogP contribution is -1.82. The van der Waals surface area contributed by atoms with Crippen LogP contribution in [0.2, 0.25) is 0 Å². The van der Waals surface area contributed by atoms with Crippen LogP contribution in [0.1, 0.15) is 5.56 Å². The van der Waals surface area contributed by atoms with Gasteiger partial charge in [-0.2, -0.15) is 0 Å². The topological polar surface area (TPSA) is 46.5 Å². The maximum atomic E-state index is 10.3. The Hall–Kier alpha value is -1.13. The van der Waals surface area contributed by atoms with Crippen LogP contribution in [0.4, 0.5) is 0 Å². The molecule has 70 valence electrons. The van der Waals surface area contributed by atoms with Gasteiger partial charge in [0.15, 0.2) is 11.1 Å². The molecule has 0 aliphatic rings. The van der Waals surface area contributed by atoms with E-state index in [1.165, 1.54) is 5.41 Å². The van der Waals surface area contributed by atoms with Crippen molar-refractivity contribution in [2.75, 3.05) is 7.11 Å². The zero-order valence-corrected chi connectivity index (χ0v) is 7.95. The number of rotatable bonds is 3. The minimum Gasteiger partial charge on any atom is -0.497 e. The summed E-state index contributed by atoms with van der Waals surface area (Å²) in [5, 5.41) is 1.20. The maximum Gasteiger partial charge on any atom is 0.178 e. The second-order valence-electron chi connectivity index (χ2n) is 2.36. The second-order valence-corrected chi connectivity index (χ2v) is 3.18. The highest BCUT2D eigenvalue weighted by Crippen LogP contribution is 2.13. The number of hydrogen-bond acceptors (Lipinski definition) is 2. The lowest BCUT2D eigenvalue weighted by molar-refractivity contribution is 0.414. The van der Waals surface area contributed by atoms with E-state index in [1.54, 1.807) is 19.3 Å². The molecule has 0 saturated carbocycles. The van der Waals surface area contributed by atoms with E-state index in [0.717, 1.165) is 11.3 Å². The van der Waals surface area contributed by atoms with Gasteiger partial charge >= 0.3 is 0 Å². The van der Waals surface area contributed by atoms with Crippen molar-refractivity contribution in [1.29, 1.82) is 0 Å². The van der Waals surface area contributed by atoms with Crippen LogP contribution < -0.4 is 4.74 Å². The Balaban J connectivity index is 2.83. The predicted molar refractivity (Wildman–Crippen MR) is 52.8 cm³/mol. The molecule has 4 heteroatoms. The molecule has 1 N–H and O–H groups in total. The van der Waals surface area contributed by atoms with E-state index in [9.17, 15) is 4.21 Å². The number of ether oxygens (including phenoxy) is 1. The Labute approximate surface area is 79.3 Å². The number of benzene rings is 1. The van der Waals surface area contributed by atoms with Crippen molar-refractivity contribution in [3.8, 4) is 5.75 Å². The summed E-state index contributed by atoms with van der Waals surface area (Å²) in [6, 6.07) is 7.24. The van der Waals surface area contributed by atoms with Crippen LogP contribution >= 0.6 is 0 Å². The zero-order valence-electron chi connectivity index (χ0n) is 7.14. The first-order valence-corrected chi connectivity index (χ1v) is 4.81. The van der Waals surface area contributed by atoms with Gasteiger partial charge in [-0.25, -0.2) is 4.21 Å². The van der Waals surface area contributed by atoms with Crippen molar-refractivity contribution in [3.63, 3.8) is 0 Å². The fourth-order valence-electron chi connectivity index (χ4n) is 0.882. The van der Waals surface area contributed by atoms with Crippen molar-refractivity contribution in [3.05, 3.63) is 35.2 Å². The third-order valence-corrected chi connectivity index (χ3v) is 1.84. The van der Waals surface area contributed by atoms with Gasteiger partial charge in [-0.15, -0.1) is 0 Å². The van der Waals surface area contributed by atoms with E-state index in [2.05, 4.69) is 0 Å². The molecule has 13 heavy (non-hydrogen) atoms. The summed E-state index contributed by atoms with van der Waals surface area (Å²) >= 11 is -1.90. The van der Waals surface area contributed by atoms with Crippen LogP contribution in [-0.4, -0.2) is 15.9 Å². The molecule has 0 aromatic heterocycles.